The molecule has 0 spiro atoms. The lowest BCUT2D eigenvalue weighted by Crippen LogP contribution is -2.56. The number of rotatable bonds is 6. The average Bonchev–Trinajstić information content (AvgIpc) is 2.79. The molecule has 1 saturated heterocycles. The number of benzene rings is 2. The van der Waals surface area contributed by atoms with Crippen LogP contribution in [0, 0.1) is 5.92 Å². The van der Waals surface area contributed by atoms with Crippen molar-refractivity contribution in [3.63, 3.8) is 0 Å². The zero-order valence-electron chi connectivity index (χ0n) is 17.4. The Kier molecular flexibility index (Phi) is 7.10. The number of carbonyl (C=O) groups is 1. The van der Waals surface area contributed by atoms with Crippen LogP contribution in [0.25, 0.3) is 11.1 Å². The number of carbonyl (C=O) groups excluding carboxylic acids is 1. The molecule has 1 aliphatic heterocycles. The molecule has 162 valence electrons. The maximum Gasteiger partial charge on any atom is 0.251 e. The van der Waals surface area contributed by atoms with Gasteiger partial charge in [-0.1, -0.05) is 32.0 Å². The van der Waals surface area contributed by atoms with E-state index in [9.17, 15) is 20.1 Å². The number of aliphatic hydroxyl groups excluding tert-OH is 3. The lowest BCUT2D eigenvalue weighted by Gasteiger charge is -2.40. The van der Waals surface area contributed by atoms with Crippen LogP contribution in [0.15, 0.2) is 42.5 Å². The van der Waals surface area contributed by atoms with Gasteiger partial charge in [-0.2, -0.15) is 0 Å². The van der Waals surface area contributed by atoms with Gasteiger partial charge in [0.2, 0.25) is 6.29 Å². The van der Waals surface area contributed by atoms with Crippen molar-refractivity contribution in [2.45, 2.75) is 44.9 Å². The third-order valence-corrected chi connectivity index (χ3v) is 5.56. The molecule has 1 fully saturated rings. The van der Waals surface area contributed by atoms with E-state index in [2.05, 4.69) is 5.32 Å². The van der Waals surface area contributed by atoms with E-state index in [4.69, 9.17) is 9.47 Å². The van der Waals surface area contributed by atoms with Crippen LogP contribution < -0.4 is 10.1 Å². The molecule has 0 radical (unpaired) electrons. The molecule has 0 aromatic heterocycles. The summed E-state index contributed by atoms with van der Waals surface area (Å²) in [5.74, 6) is -0.00704. The van der Waals surface area contributed by atoms with Crippen LogP contribution in [-0.2, 0) is 11.2 Å². The van der Waals surface area contributed by atoms with Gasteiger partial charge in [0.05, 0.1) is 12.7 Å². The van der Waals surface area contributed by atoms with Crippen molar-refractivity contribution in [3.05, 3.63) is 53.6 Å². The van der Waals surface area contributed by atoms with Crippen molar-refractivity contribution in [3.8, 4) is 16.9 Å². The van der Waals surface area contributed by atoms with Gasteiger partial charge in [0, 0.05) is 18.5 Å². The van der Waals surface area contributed by atoms with E-state index in [1.165, 1.54) is 0 Å². The van der Waals surface area contributed by atoms with Crippen LogP contribution >= 0.6 is 0 Å². The van der Waals surface area contributed by atoms with Crippen LogP contribution in [-0.4, -0.2) is 59.5 Å². The Morgan fingerprint density at radius 1 is 1.13 bits per heavy atom. The number of aryl methyl sites for hydroxylation is 1. The monoisotopic (exact) mass is 415 g/mol. The Bertz CT molecular complexity index is 884. The fraction of sp³-hybridized carbons (Fsp3) is 0.435. The minimum atomic E-state index is -1.16. The van der Waals surface area contributed by atoms with Gasteiger partial charge in [0.1, 0.15) is 18.0 Å². The number of nitrogens with one attached hydrogen (secondary N) is 1. The van der Waals surface area contributed by atoms with Gasteiger partial charge < -0.3 is 30.1 Å². The molecule has 1 heterocycles. The highest BCUT2D eigenvalue weighted by Crippen LogP contribution is 2.32. The van der Waals surface area contributed by atoms with Gasteiger partial charge in [0.25, 0.3) is 5.91 Å². The van der Waals surface area contributed by atoms with Crippen LogP contribution in [0.3, 0.4) is 0 Å². The number of amides is 1. The molecule has 2 aromatic rings. The second-order valence-electron chi connectivity index (χ2n) is 7.52. The van der Waals surface area contributed by atoms with Gasteiger partial charge in [-0.25, -0.2) is 0 Å². The first-order valence-electron chi connectivity index (χ1n) is 10.1. The lowest BCUT2D eigenvalue weighted by molar-refractivity contribution is -0.256. The molecule has 0 aliphatic carbocycles. The standard InChI is InChI=1S/C23H29NO6/c1-4-14-10-16(15-6-5-7-17(11-15)22(28)24-3)8-9-18(14)29-23-13(2)20(26)21(27)19(12-25)30-23/h5-11,13,19-21,23,25-27H,4,12H2,1-3H3,(H,24,28)/t13-,19-,20-,21-,23+/m0/s1. The van der Waals surface area contributed by atoms with Gasteiger partial charge in [-0.3, -0.25) is 4.79 Å². The molecule has 0 bridgehead atoms. The molecular weight excluding hydrogens is 386 g/mol. The van der Waals surface area contributed by atoms with E-state index in [1.54, 1.807) is 20.0 Å². The van der Waals surface area contributed by atoms with Gasteiger partial charge in [-0.05, 0) is 47.4 Å². The average molecular weight is 415 g/mol. The largest absolute Gasteiger partial charge is 0.464 e. The number of aliphatic hydroxyl groups is 3. The van der Waals surface area contributed by atoms with Crippen molar-refractivity contribution in [1.82, 2.24) is 5.32 Å². The summed E-state index contributed by atoms with van der Waals surface area (Å²) in [5.41, 5.74) is 3.39. The van der Waals surface area contributed by atoms with E-state index < -0.39 is 37.1 Å². The highest BCUT2D eigenvalue weighted by Gasteiger charge is 2.43. The maximum absolute atomic E-state index is 11.9. The second-order valence-corrected chi connectivity index (χ2v) is 7.52. The molecule has 3 rings (SSSR count). The van der Waals surface area contributed by atoms with E-state index in [-0.39, 0.29) is 5.91 Å². The zero-order valence-corrected chi connectivity index (χ0v) is 17.4. The first-order valence-corrected chi connectivity index (χ1v) is 10.1. The minimum Gasteiger partial charge on any atom is -0.464 e. The summed E-state index contributed by atoms with van der Waals surface area (Å²) in [5, 5.41) is 32.3. The topological polar surface area (TPSA) is 108 Å². The summed E-state index contributed by atoms with van der Waals surface area (Å²) in [6.07, 6.45) is -3.22. The zero-order chi connectivity index (χ0) is 21.8. The Hall–Kier alpha value is -2.45. The van der Waals surface area contributed by atoms with Crippen LogP contribution in [0.4, 0.5) is 0 Å². The van der Waals surface area contributed by atoms with Crippen LogP contribution in [0.1, 0.15) is 29.8 Å². The van der Waals surface area contributed by atoms with Crippen molar-refractivity contribution >= 4 is 5.91 Å². The minimum absolute atomic E-state index is 0.143. The molecule has 7 heteroatoms. The molecule has 1 amide bonds. The summed E-state index contributed by atoms with van der Waals surface area (Å²) in [6.45, 7) is 3.33. The SMILES string of the molecule is CCc1cc(-c2cccc(C(=O)NC)c2)ccc1O[C@@H]1O[C@@H](CO)[C@H](O)[C@@H](O)[C@@H]1C. The first kappa shape index (κ1) is 22.2. The fourth-order valence-electron chi connectivity index (χ4n) is 3.61. The van der Waals surface area contributed by atoms with E-state index in [1.807, 2.05) is 43.3 Å². The molecule has 5 atom stereocenters. The normalized spacial score (nSPS) is 26.3. The predicted octanol–water partition coefficient (Wildman–Crippen LogP) is 1.73. The molecular formula is C23H29NO6. The van der Waals surface area contributed by atoms with Crippen molar-refractivity contribution in [2.75, 3.05) is 13.7 Å². The van der Waals surface area contributed by atoms with Gasteiger partial charge in [0.15, 0.2) is 0 Å². The Morgan fingerprint density at radius 2 is 1.87 bits per heavy atom. The van der Waals surface area contributed by atoms with Gasteiger partial charge >= 0.3 is 0 Å². The maximum atomic E-state index is 11.9. The molecule has 0 saturated carbocycles. The highest BCUT2D eigenvalue weighted by molar-refractivity contribution is 5.95. The Labute approximate surface area is 176 Å². The smallest absolute Gasteiger partial charge is 0.251 e. The van der Waals surface area contributed by atoms with Crippen molar-refractivity contribution < 1.29 is 29.6 Å². The summed E-state index contributed by atoms with van der Waals surface area (Å²) in [6, 6.07) is 13.1. The first-order chi connectivity index (χ1) is 14.4. The van der Waals surface area contributed by atoms with Gasteiger partial charge in [-0.15, -0.1) is 0 Å². The quantitative estimate of drug-likeness (QED) is 0.572. The summed E-state index contributed by atoms with van der Waals surface area (Å²) < 4.78 is 11.7. The summed E-state index contributed by atoms with van der Waals surface area (Å²) >= 11 is 0. The molecule has 4 N–H and O–H groups in total. The lowest BCUT2D eigenvalue weighted by atomic mass is 9.92. The van der Waals surface area contributed by atoms with Crippen molar-refractivity contribution in [1.29, 1.82) is 0 Å². The number of hydrogen-bond donors (Lipinski definition) is 4. The van der Waals surface area contributed by atoms with Crippen LogP contribution in [0.2, 0.25) is 0 Å². The molecule has 1 aliphatic rings. The van der Waals surface area contributed by atoms with Crippen molar-refractivity contribution in [2.24, 2.45) is 5.92 Å². The molecule has 7 nitrogen and oxygen atoms in total. The second kappa shape index (κ2) is 9.57. The summed E-state index contributed by atoms with van der Waals surface area (Å²) in [4.78, 5) is 11.9. The molecule has 30 heavy (non-hydrogen) atoms. The van der Waals surface area contributed by atoms with E-state index in [0.29, 0.717) is 17.7 Å². The van der Waals surface area contributed by atoms with E-state index in [0.717, 1.165) is 16.7 Å². The number of hydrogen-bond acceptors (Lipinski definition) is 6. The third-order valence-electron chi connectivity index (χ3n) is 5.56. The summed E-state index contributed by atoms with van der Waals surface area (Å²) in [7, 11) is 1.60. The molecule has 2 aromatic carbocycles. The Morgan fingerprint density at radius 3 is 2.53 bits per heavy atom. The van der Waals surface area contributed by atoms with Crippen LogP contribution in [0.5, 0.6) is 5.75 Å². The predicted molar refractivity (Wildman–Crippen MR) is 112 cm³/mol. The highest BCUT2D eigenvalue weighted by atomic mass is 16.7. The van der Waals surface area contributed by atoms with E-state index >= 15 is 0 Å². The molecule has 0 unspecified atom stereocenters. The number of ether oxygens (including phenoxy) is 2. The Balaban J connectivity index is 1.85. The fourth-order valence-corrected chi connectivity index (χ4v) is 3.61. The third kappa shape index (κ3) is 4.49.